The van der Waals surface area contributed by atoms with Crippen LogP contribution >= 0.6 is 34.2 Å². The molecule has 3 aromatic carbocycles. The SMILES string of the molecule is Nc1cccc(-c2cccc(Cl)c2-c2ccccc2)c1I. The first-order valence-electron chi connectivity index (χ1n) is 6.57. The Kier molecular flexibility index (Phi) is 4.17. The van der Waals surface area contributed by atoms with Crippen LogP contribution in [0.3, 0.4) is 0 Å². The van der Waals surface area contributed by atoms with Crippen molar-refractivity contribution in [2.24, 2.45) is 0 Å². The summed E-state index contributed by atoms with van der Waals surface area (Å²) in [5, 5.41) is 0.747. The quantitative estimate of drug-likeness (QED) is 0.419. The average Bonchev–Trinajstić information content (AvgIpc) is 2.51. The normalized spacial score (nSPS) is 10.6. The summed E-state index contributed by atoms with van der Waals surface area (Å²) in [6.45, 7) is 0. The molecule has 1 nitrogen and oxygen atoms in total. The number of hydrogen-bond donors (Lipinski definition) is 1. The largest absolute Gasteiger partial charge is 0.398 e. The lowest BCUT2D eigenvalue weighted by Gasteiger charge is -2.14. The molecule has 0 aliphatic heterocycles. The monoisotopic (exact) mass is 405 g/mol. The van der Waals surface area contributed by atoms with Crippen LogP contribution in [0.5, 0.6) is 0 Å². The summed E-state index contributed by atoms with van der Waals surface area (Å²) in [5.41, 5.74) is 11.2. The molecule has 0 atom stereocenters. The van der Waals surface area contributed by atoms with E-state index in [9.17, 15) is 0 Å². The van der Waals surface area contributed by atoms with Crippen molar-refractivity contribution in [1.82, 2.24) is 0 Å². The van der Waals surface area contributed by atoms with Gasteiger partial charge in [0.1, 0.15) is 0 Å². The number of nitrogen functional groups attached to an aromatic ring is 1. The van der Waals surface area contributed by atoms with E-state index < -0.39 is 0 Å². The van der Waals surface area contributed by atoms with Crippen molar-refractivity contribution >= 4 is 39.9 Å². The number of anilines is 1. The topological polar surface area (TPSA) is 26.0 Å². The smallest absolute Gasteiger partial charge is 0.0490 e. The number of halogens is 2. The van der Waals surface area contributed by atoms with Crippen LogP contribution in [0.25, 0.3) is 22.3 Å². The lowest BCUT2D eigenvalue weighted by Crippen LogP contribution is -1.94. The van der Waals surface area contributed by atoms with Crippen LogP contribution in [-0.2, 0) is 0 Å². The summed E-state index contributed by atoms with van der Waals surface area (Å²) in [7, 11) is 0. The van der Waals surface area contributed by atoms with Gasteiger partial charge in [0.15, 0.2) is 0 Å². The van der Waals surface area contributed by atoms with Gasteiger partial charge in [-0.1, -0.05) is 66.2 Å². The zero-order valence-electron chi connectivity index (χ0n) is 11.2. The summed E-state index contributed by atoms with van der Waals surface area (Å²) in [4.78, 5) is 0. The van der Waals surface area contributed by atoms with Gasteiger partial charge in [-0.3, -0.25) is 0 Å². The Labute approximate surface area is 142 Å². The van der Waals surface area contributed by atoms with Gasteiger partial charge in [-0.25, -0.2) is 0 Å². The maximum Gasteiger partial charge on any atom is 0.0490 e. The first-order chi connectivity index (χ1) is 10.2. The third-order valence-corrected chi connectivity index (χ3v) is 4.91. The molecule has 0 amide bonds. The average molecular weight is 406 g/mol. The lowest BCUT2D eigenvalue weighted by atomic mass is 9.94. The Morgan fingerprint density at radius 2 is 1.43 bits per heavy atom. The van der Waals surface area contributed by atoms with Gasteiger partial charge in [-0.15, -0.1) is 0 Å². The molecule has 3 aromatic rings. The Bertz CT molecular complexity index is 784. The molecule has 0 radical (unpaired) electrons. The van der Waals surface area contributed by atoms with E-state index in [4.69, 9.17) is 17.3 Å². The van der Waals surface area contributed by atoms with Gasteiger partial charge >= 0.3 is 0 Å². The van der Waals surface area contributed by atoms with Crippen LogP contribution in [0.2, 0.25) is 5.02 Å². The standard InChI is InChI=1S/C18H13ClIN/c19-15-10-4-8-13(14-9-5-11-16(21)18(14)20)17(15)12-6-2-1-3-7-12/h1-11H,21H2. The molecule has 3 rings (SSSR count). The third kappa shape index (κ3) is 2.78. The molecule has 0 bridgehead atoms. The predicted octanol–water partition coefficient (Wildman–Crippen LogP) is 5.86. The molecule has 0 spiro atoms. The fourth-order valence-electron chi connectivity index (χ4n) is 2.40. The molecule has 0 heterocycles. The van der Waals surface area contributed by atoms with E-state index in [0.717, 1.165) is 36.5 Å². The van der Waals surface area contributed by atoms with Crippen LogP contribution in [0, 0.1) is 3.57 Å². The molecule has 0 aliphatic carbocycles. The lowest BCUT2D eigenvalue weighted by molar-refractivity contribution is 1.55. The molecule has 0 fully saturated rings. The number of benzene rings is 3. The summed E-state index contributed by atoms with van der Waals surface area (Å²) in [6.07, 6.45) is 0. The van der Waals surface area contributed by atoms with Crippen molar-refractivity contribution in [2.75, 3.05) is 5.73 Å². The molecule has 0 saturated heterocycles. The highest BCUT2D eigenvalue weighted by Gasteiger charge is 2.14. The minimum atomic E-state index is 0.747. The fourth-order valence-corrected chi connectivity index (χ4v) is 3.34. The van der Waals surface area contributed by atoms with Gasteiger partial charge in [-0.2, -0.15) is 0 Å². The summed E-state index contributed by atoms with van der Waals surface area (Å²) < 4.78 is 1.05. The third-order valence-electron chi connectivity index (χ3n) is 3.39. The van der Waals surface area contributed by atoms with Crippen molar-refractivity contribution in [3.63, 3.8) is 0 Å². The van der Waals surface area contributed by atoms with Crippen molar-refractivity contribution in [1.29, 1.82) is 0 Å². The Morgan fingerprint density at radius 1 is 0.762 bits per heavy atom. The van der Waals surface area contributed by atoms with Crippen LogP contribution < -0.4 is 5.73 Å². The van der Waals surface area contributed by atoms with Crippen LogP contribution in [0.4, 0.5) is 5.69 Å². The van der Waals surface area contributed by atoms with E-state index in [0.29, 0.717) is 0 Å². The number of nitrogens with two attached hydrogens (primary N) is 1. The number of hydrogen-bond acceptors (Lipinski definition) is 1. The molecule has 0 unspecified atom stereocenters. The molecular weight excluding hydrogens is 393 g/mol. The summed E-state index contributed by atoms with van der Waals surface area (Å²) >= 11 is 8.76. The van der Waals surface area contributed by atoms with Crippen LogP contribution in [0.1, 0.15) is 0 Å². The fraction of sp³-hybridized carbons (Fsp3) is 0. The van der Waals surface area contributed by atoms with E-state index in [1.54, 1.807) is 0 Å². The Hall–Kier alpha value is -1.52. The summed E-state index contributed by atoms with van der Waals surface area (Å²) in [5.74, 6) is 0. The van der Waals surface area contributed by atoms with Crippen molar-refractivity contribution in [3.05, 3.63) is 75.3 Å². The van der Waals surface area contributed by atoms with E-state index in [1.165, 1.54) is 0 Å². The molecule has 2 N–H and O–H groups in total. The molecule has 3 heteroatoms. The molecule has 21 heavy (non-hydrogen) atoms. The molecule has 0 saturated carbocycles. The number of rotatable bonds is 2. The van der Waals surface area contributed by atoms with Gasteiger partial charge in [-0.05, 0) is 51.4 Å². The van der Waals surface area contributed by atoms with Crippen molar-refractivity contribution in [3.8, 4) is 22.3 Å². The van der Waals surface area contributed by atoms with E-state index in [-0.39, 0.29) is 0 Å². The Balaban J connectivity index is 2.30. The Morgan fingerprint density at radius 3 is 2.19 bits per heavy atom. The van der Waals surface area contributed by atoms with Gasteiger partial charge in [0.25, 0.3) is 0 Å². The maximum absolute atomic E-state index is 6.47. The van der Waals surface area contributed by atoms with Crippen LogP contribution in [0.15, 0.2) is 66.7 Å². The highest BCUT2D eigenvalue weighted by Crippen LogP contribution is 2.40. The molecule has 0 aliphatic rings. The van der Waals surface area contributed by atoms with E-state index >= 15 is 0 Å². The van der Waals surface area contributed by atoms with Gasteiger partial charge in [0, 0.05) is 19.8 Å². The van der Waals surface area contributed by atoms with Crippen molar-refractivity contribution in [2.45, 2.75) is 0 Å². The van der Waals surface area contributed by atoms with Crippen molar-refractivity contribution < 1.29 is 0 Å². The van der Waals surface area contributed by atoms with E-state index in [1.807, 2.05) is 42.5 Å². The van der Waals surface area contributed by atoms with Gasteiger partial charge in [0.05, 0.1) is 0 Å². The van der Waals surface area contributed by atoms with Gasteiger partial charge < -0.3 is 5.73 Å². The minimum Gasteiger partial charge on any atom is -0.398 e. The second-order valence-corrected chi connectivity index (χ2v) is 6.22. The zero-order valence-corrected chi connectivity index (χ0v) is 14.1. The molecule has 104 valence electrons. The second-order valence-electron chi connectivity index (χ2n) is 4.74. The summed E-state index contributed by atoms with van der Waals surface area (Å²) in [6, 6.07) is 22.1. The highest BCUT2D eigenvalue weighted by atomic mass is 127. The highest BCUT2D eigenvalue weighted by molar-refractivity contribution is 14.1. The first-order valence-corrected chi connectivity index (χ1v) is 8.02. The molecular formula is C18H13ClIN. The zero-order chi connectivity index (χ0) is 14.8. The molecule has 0 aromatic heterocycles. The predicted molar refractivity (Wildman–Crippen MR) is 99.5 cm³/mol. The minimum absolute atomic E-state index is 0.747. The maximum atomic E-state index is 6.47. The first kappa shape index (κ1) is 14.4. The second kappa shape index (κ2) is 6.08. The van der Waals surface area contributed by atoms with Crippen LogP contribution in [-0.4, -0.2) is 0 Å². The van der Waals surface area contributed by atoms with E-state index in [2.05, 4.69) is 46.9 Å². The van der Waals surface area contributed by atoms with Gasteiger partial charge in [0.2, 0.25) is 0 Å².